The lowest BCUT2D eigenvalue weighted by Gasteiger charge is -2.13. The first-order valence-corrected chi connectivity index (χ1v) is 8.45. The predicted molar refractivity (Wildman–Crippen MR) is 103 cm³/mol. The molecule has 0 bridgehead atoms. The summed E-state index contributed by atoms with van der Waals surface area (Å²) >= 11 is 0. The molecule has 0 aromatic heterocycles. The van der Waals surface area contributed by atoms with Gasteiger partial charge in [0.2, 0.25) is 11.6 Å². The van der Waals surface area contributed by atoms with E-state index in [0.29, 0.717) is 5.56 Å². The number of cyclic esters (lactones) is 1. The molecule has 0 unspecified atom stereocenters. The fourth-order valence-electron chi connectivity index (χ4n) is 2.70. The predicted octanol–water partition coefficient (Wildman–Crippen LogP) is 3.28. The number of nitrogens with zero attached hydrogens (tertiary/aromatic N) is 1. The van der Waals surface area contributed by atoms with Gasteiger partial charge < -0.3 is 18.9 Å². The van der Waals surface area contributed by atoms with Crippen molar-refractivity contribution in [1.29, 1.82) is 0 Å². The molecule has 1 heterocycles. The number of hydrogen-bond acceptors (Lipinski definition) is 7. The van der Waals surface area contributed by atoms with E-state index in [1.807, 2.05) is 31.2 Å². The highest BCUT2D eigenvalue weighted by Crippen LogP contribution is 2.39. The van der Waals surface area contributed by atoms with Crippen LogP contribution in [-0.4, -0.2) is 32.1 Å². The van der Waals surface area contributed by atoms with Gasteiger partial charge in [-0.15, -0.1) is 0 Å². The van der Waals surface area contributed by atoms with E-state index in [0.717, 1.165) is 11.1 Å². The molecule has 0 amide bonds. The number of methoxy groups -OCH3 is 2. The Kier molecular flexibility index (Phi) is 5.44. The van der Waals surface area contributed by atoms with E-state index in [9.17, 15) is 9.59 Å². The van der Waals surface area contributed by atoms with Crippen LogP contribution in [0.3, 0.4) is 0 Å². The Morgan fingerprint density at radius 1 is 1.11 bits per heavy atom. The summed E-state index contributed by atoms with van der Waals surface area (Å²) in [6.45, 7) is 3.23. The number of carbonyl (C=O) groups is 2. The van der Waals surface area contributed by atoms with Crippen LogP contribution in [-0.2, 0) is 14.3 Å². The van der Waals surface area contributed by atoms with Crippen LogP contribution in [0.1, 0.15) is 23.6 Å². The number of carbonyl (C=O) groups excluding carboxylic acids is 2. The normalized spacial score (nSPS) is 14.5. The van der Waals surface area contributed by atoms with Crippen molar-refractivity contribution >= 4 is 23.9 Å². The van der Waals surface area contributed by atoms with Gasteiger partial charge in [-0.25, -0.2) is 9.79 Å². The number of hydrogen-bond donors (Lipinski definition) is 0. The summed E-state index contributed by atoms with van der Waals surface area (Å²) in [5.41, 5.74) is 2.47. The molecule has 2 aromatic carbocycles. The topological polar surface area (TPSA) is 83.4 Å². The van der Waals surface area contributed by atoms with Gasteiger partial charge in [0.1, 0.15) is 0 Å². The molecule has 144 valence electrons. The molecule has 28 heavy (non-hydrogen) atoms. The maximum atomic E-state index is 12.2. The van der Waals surface area contributed by atoms with Crippen molar-refractivity contribution in [1.82, 2.24) is 0 Å². The van der Waals surface area contributed by atoms with Crippen molar-refractivity contribution in [3.63, 3.8) is 0 Å². The van der Waals surface area contributed by atoms with E-state index < -0.39 is 11.9 Å². The van der Waals surface area contributed by atoms with E-state index in [2.05, 4.69) is 4.99 Å². The van der Waals surface area contributed by atoms with E-state index in [-0.39, 0.29) is 28.8 Å². The highest BCUT2D eigenvalue weighted by molar-refractivity contribution is 6.12. The molecule has 0 N–H and O–H groups in total. The van der Waals surface area contributed by atoms with Crippen molar-refractivity contribution in [2.75, 3.05) is 14.2 Å². The van der Waals surface area contributed by atoms with Crippen LogP contribution in [0.15, 0.2) is 47.1 Å². The largest absolute Gasteiger partial charge is 0.493 e. The maximum Gasteiger partial charge on any atom is 0.363 e. The second-order valence-corrected chi connectivity index (χ2v) is 6.05. The van der Waals surface area contributed by atoms with E-state index in [4.69, 9.17) is 18.9 Å². The maximum absolute atomic E-state index is 12.2. The van der Waals surface area contributed by atoms with Crippen LogP contribution in [0.25, 0.3) is 6.08 Å². The molecule has 1 aliphatic rings. The van der Waals surface area contributed by atoms with Gasteiger partial charge in [0.25, 0.3) is 0 Å². The van der Waals surface area contributed by atoms with Crippen LogP contribution in [0.2, 0.25) is 0 Å². The third kappa shape index (κ3) is 4.03. The monoisotopic (exact) mass is 381 g/mol. The molecule has 0 saturated heterocycles. The first-order valence-electron chi connectivity index (χ1n) is 8.45. The number of aliphatic imine (C=N–C) groups is 1. The fraction of sp³-hybridized carbons (Fsp3) is 0.190. The van der Waals surface area contributed by atoms with Gasteiger partial charge in [-0.05, 0) is 42.8 Å². The van der Waals surface area contributed by atoms with E-state index >= 15 is 0 Å². The molecular weight excluding hydrogens is 362 g/mol. The number of rotatable bonds is 5. The van der Waals surface area contributed by atoms with Crippen LogP contribution in [0.5, 0.6) is 17.2 Å². The van der Waals surface area contributed by atoms with Crippen LogP contribution < -0.4 is 14.2 Å². The van der Waals surface area contributed by atoms with E-state index in [1.165, 1.54) is 21.1 Å². The molecule has 0 radical (unpaired) electrons. The fourth-order valence-corrected chi connectivity index (χ4v) is 2.70. The second-order valence-electron chi connectivity index (χ2n) is 6.05. The van der Waals surface area contributed by atoms with Crippen molar-refractivity contribution < 1.29 is 28.5 Å². The average Bonchev–Trinajstić information content (AvgIpc) is 3.02. The zero-order valence-corrected chi connectivity index (χ0v) is 15.9. The summed E-state index contributed by atoms with van der Waals surface area (Å²) in [7, 11) is 2.88. The van der Waals surface area contributed by atoms with Gasteiger partial charge in [0, 0.05) is 12.5 Å². The van der Waals surface area contributed by atoms with Crippen LogP contribution in [0, 0.1) is 6.92 Å². The van der Waals surface area contributed by atoms with Gasteiger partial charge in [-0.3, -0.25) is 4.79 Å². The third-order valence-electron chi connectivity index (χ3n) is 3.92. The summed E-state index contributed by atoms with van der Waals surface area (Å²) in [5.74, 6) is -0.0766. The lowest BCUT2D eigenvalue weighted by Crippen LogP contribution is -2.06. The molecule has 0 saturated carbocycles. The molecule has 0 aliphatic carbocycles. The van der Waals surface area contributed by atoms with Crippen molar-refractivity contribution in [3.8, 4) is 17.2 Å². The standard InChI is InChI=1S/C21H19NO6/c1-12-6-5-7-15(8-12)20-22-16(21(24)28-20)9-14-10-17(25-3)19(27-13(2)23)18(11-14)26-4/h5-11H,1-4H3/b16-9-. The Morgan fingerprint density at radius 2 is 1.79 bits per heavy atom. The second kappa shape index (κ2) is 7.96. The lowest BCUT2D eigenvalue weighted by atomic mass is 10.1. The number of aryl methyl sites for hydroxylation is 1. The van der Waals surface area contributed by atoms with Crippen molar-refractivity contribution in [2.24, 2.45) is 4.99 Å². The minimum Gasteiger partial charge on any atom is -0.493 e. The summed E-state index contributed by atoms with van der Waals surface area (Å²) in [6.07, 6.45) is 1.55. The zero-order chi connectivity index (χ0) is 20.3. The Labute approximate surface area is 162 Å². The third-order valence-corrected chi connectivity index (χ3v) is 3.92. The zero-order valence-electron chi connectivity index (χ0n) is 15.9. The molecule has 7 nitrogen and oxygen atoms in total. The van der Waals surface area contributed by atoms with Crippen molar-refractivity contribution in [2.45, 2.75) is 13.8 Å². The lowest BCUT2D eigenvalue weighted by molar-refractivity contribution is -0.132. The van der Waals surface area contributed by atoms with Crippen LogP contribution in [0.4, 0.5) is 0 Å². The molecule has 0 fully saturated rings. The van der Waals surface area contributed by atoms with Crippen molar-refractivity contribution in [3.05, 3.63) is 58.8 Å². The molecule has 1 aliphatic heterocycles. The highest BCUT2D eigenvalue weighted by atomic mass is 16.6. The molecular formula is C21H19NO6. The quantitative estimate of drug-likeness (QED) is 0.449. The Morgan fingerprint density at radius 3 is 2.36 bits per heavy atom. The van der Waals surface area contributed by atoms with Gasteiger partial charge in [0.05, 0.1) is 14.2 Å². The highest BCUT2D eigenvalue weighted by Gasteiger charge is 2.25. The first-order chi connectivity index (χ1) is 13.4. The minimum atomic E-state index is -0.557. The molecule has 0 atom stereocenters. The molecule has 7 heteroatoms. The Bertz CT molecular complexity index is 981. The van der Waals surface area contributed by atoms with Gasteiger partial charge in [0.15, 0.2) is 17.2 Å². The summed E-state index contributed by atoms with van der Waals surface area (Å²) in [6, 6.07) is 10.7. The number of ether oxygens (including phenoxy) is 4. The van der Waals surface area contributed by atoms with Gasteiger partial charge in [-0.1, -0.05) is 17.7 Å². The average molecular weight is 381 g/mol. The van der Waals surface area contributed by atoms with Crippen LogP contribution >= 0.6 is 0 Å². The Hall–Kier alpha value is -3.61. The molecule has 0 spiro atoms. The number of esters is 2. The summed E-state index contributed by atoms with van der Waals surface area (Å²) in [4.78, 5) is 27.9. The molecule has 2 aromatic rings. The number of benzene rings is 2. The smallest absolute Gasteiger partial charge is 0.363 e. The van der Waals surface area contributed by atoms with Gasteiger partial charge in [-0.2, -0.15) is 0 Å². The Balaban J connectivity index is 2.00. The molecule has 3 rings (SSSR count). The summed E-state index contributed by atoms with van der Waals surface area (Å²) < 4.78 is 21.0. The SMILES string of the molecule is COc1cc(/C=C2\N=C(c3cccc(C)c3)OC2=O)cc(OC)c1OC(C)=O. The first kappa shape index (κ1) is 19.2. The van der Waals surface area contributed by atoms with Gasteiger partial charge >= 0.3 is 11.9 Å². The summed E-state index contributed by atoms with van der Waals surface area (Å²) in [5, 5.41) is 0. The van der Waals surface area contributed by atoms with E-state index in [1.54, 1.807) is 18.2 Å². The minimum absolute atomic E-state index is 0.140.